The highest BCUT2D eigenvalue weighted by Gasteiger charge is 2.23. The van der Waals surface area contributed by atoms with Crippen LogP contribution in [0.25, 0.3) is 0 Å². The van der Waals surface area contributed by atoms with Crippen LogP contribution in [0.15, 0.2) is 18.2 Å². The molecule has 0 spiro atoms. The van der Waals surface area contributed by atoms with E-state index in [2.05, 4.69) is 44.3 Å². The highest BCUT2D eigenvalue weighted by molar-refractivity contribution is 5.43. The van der Waals surface area contributed by atoms with Crippen molar-refractivity contribution in [2.75, 3.05) is 20.2 Å². The predicted octanol–water partition coefficient (Wildman–Crippen LogP) is 2.68. The largest absolute Gasteiger partial charge is 0.496 e. The molecule has 1 fully saturated rings. The van der Waals surface area contributed by atoms with Gasteiger partial charge in [0.15, 0.2) is 0 Å². The van der Waals surface area contributed by atoms with Gasteiger partial charge in [-0.2, -0.15) is 0 Å². The Bertz CT molecular complexity index is 375. The number of nitrogens with one attached hydrogen (secondary N) is 1. The van der Waals surface area contributed by atoms with Crippen LogP contribution in [0.5, 0.6) is 5.75 Å². The summed E-state index contributed by atoms with van der Waals surface area (Å²) in [7, 11) is 1.75. The van der Waals surface area contributed by atoms with E-state index in [1.54, 1.807) is 7.11 Å². The minimum atomic E-state index is 0.137. The Morgan fingerprint density at radius 2 is 1.94 bits per heavy atom. The fourth-order valence-corrected chi connectivity index (χ4v) is 2.09. The third-order valence-electron chi connectivity index (χ3n) is 3.28. The maximum Gasteiger partial charge on any atom is 0.122 e. The summed E-state index contributed by atoms with van der Waals surface area (Å²) in [6.45, 7) is 8.90. The molecule has 0 radical (unpaired) electrons. The summed E-state index contributed by atoms with van der Waals surface area (Å²) in [5, 5.41) is 3.32. The third-order valence-corrected chi connectivity index (χ3v) is 3.28. The second-order valence-electron chi connectivity index (χ2n) is 5.56. The highest BCUT2D eigenvalue weighted by atomic mass is 16.5. The van der Waals surface area contributed by atoms with Crippen LogP contribution in [0.4, 0.5) is 0 Å². The number of methoxy groups -OCH3 is 1. The summed E-state index contributed by atoms with van der Waals surface area (Å²) in [6.07, 6.45) is 0. The van der Waals surface area contributed by atoms with Crippen LogP contribution in [0.1, 0.15) is 37.8 Å². The molecule has 1 N–H and O–H groups in total. The van der Waals surface area contributed by atoms with Gasteiger partial charge in [-0.05, 0) is 22.6 Å². The molecule has 0 aromatic heterocycles. The summed E-state index contributed by atoms with van der Waals surface area (Å²) in [5.74, 6) is 1.69. The minimum absolute atomic E-state index is 0.137. The number of hydrogen-bond donors (Lipinski definition) is 1. The Kier molecular flexibility index (Phi) is 2.94. The smallest absolute Gasteiger partial charge is 0.122 e. The van der Waals surface area contributed by atoms with E-state index in [9.17, 15) is 0 Å². The molecule has 1 aromatic rings. The van der Waals surface area contributed by atoms with Gasteiger partial charge in [0.2, 0.25) is 0 Å². The molecule has 2 heteroatoms. The van der Waals surface area contributed by atoms with Gasteiger partial charge in [0, 0.05) is 19.0 Å². The predicted molar refractivity (Wildman–Crippen MR) is 67.3 cm³/mol. The maximum absolute atomic E-state index is 5.44. The van der Waals surface area contributed by atoms with Gasteiger partial charge in [0.25, 0.3) is 0 Å². The van der Waals surface area contributed by atoms with Gasteiger partial charge in [0.1, 0.15) is 5.75 Å². The lowest BCUT2D eigenvalue weighted by atomic mass is 9.82. The van der Waals surface area contributed by atoms with E-state index in [1.807, 2.05) is 0 Å². The van der Waals surface area contributed by atoms with Crippen LogP contribution in [-0.4, -0.2) is 20.2 Å². The number of rotatable bonds is 2. The van der Waals surface area contributed by atoms with Gasteiger partial charge in [-0.3, -0.25) is 0 Å². The van der Waals surface area contributed by atoms with Crippen molar-refractivity contribution in [1.29, 1.82) is 0 Å². The van der Waals surface area contributed by atoms with Crippen molar-refractivity contribution in [1.82, 2.24) is 5.32 Å². The molecule has 0 saturated carbocycles. The lowest BCUT2D eigenvalue weighted by molar-refractivity contribution is 0.395. The van der Waals surface area contributed by atoms with Crippen molar-refractivity contribution in [2.45, 2.75) is 32.1 Å². The standard InChI is InChI=1S/C14H21NO/c1-14(2,3)12-7-10(11-8-15-9-11)5-6-13(12)16-4/h5-7,11,15H,8-9H2,1-4H3. The van der Waals surface area contributed by atoms with E-state index < -0.39 is 0 Å². The molecule has 16 heavy (non-hydrogen) atoms. The van der Waals surface area contributed by atoms with Crippen LogP contribution in [0.3, 0.4) is 0 Å². The van der Waals surface area contributed by atoms with E-state index in [-0.39, 0.29) is 5.41 Å². The van der Waals surface area contributed by atoms with Crippen LogP contribution in [0.2, 0.25) is 0 Å². The summed E-state index contributed by atoms with van der Waals surface area (Å²) in [5.41, 5.74) is 2.88. The molecule has 1 aliphatic heterocycles. The van der Waals surface area contributed by atoms with Crippen LogP contribution < -0.4 is 10.1 Å². The van der Waals surface area contributed by atoms with Crippen molar-refractivity contribution in [2.24, 2.45) is 0 Å². The van der Waals surface area contributed by atoms with Crippen molar-refractivity contribution in [3.63, 3.8) is 0 Å². The number of hydrogen-bond acceptors (Lipinski definition) is 2. The molecule has 0 aliphatic carbocycles. The van der Waals surface area contributed by atoms with E-state index >= 15 is 0 Å². The molecule has 0 bridgehead atoms. The topological polar surface area (TPSA) is 21.3 Å². The van der Waals surface area contributed by atoms with Gasteiger partial charge in [-0.1, -0.05) is 32.9 Å². The molecular formula is C14H21NO. The average Bonchev–Trinajstić information content (AvgIpc) is 2.13. The van der Waals surface area contributed by atoms with E-state index in [4.69, 9.17) is 4.74 Å². The highest BCUT2D eigenvalue weighted by Crippen LogP contribution is 2.34. The second kappa shape index (κ2) is 4.10. The number of ether oxygens (including phenoxy) is 1. The van der Waals surface area contributed by atoms with E-state index in [1.165, 1.54) is 11.1 Å². The van der Waals surface area contributed by atoms with Crippen molar-refractivity contribution in [3.05, 3.63) is 29.3 Å². The Morgan fingerprint density at radius 1 is 1.25 bits per heavy atom. The van der Waals surface area contributed by atoms with Gasteiger partial charge in [-0.15, -0.1) is 0 Å². The van der Waals surface area contributed by atoms with E-state index in [0.29, 0.717) is 5.92 Å². The molecule has 0 atom stereocenters. The molecule has 1 heterocycles. The first-order valence-corrected chi connectivity index (χ1v) is 5.91. The lowest BCUT2D eigenvalue weighted by Crippen LogP contribution is -2.39. The first kappa shape index (κ1) is 11.5. The Labute approximate surface area is 98.0 Å². The Hall–Kier alpha value is -1.02. The van der Waals surface area contributed by atoms with Gasteiger partial charge in [0.05, 0.1) is 7.11 Å². The maximum atomic E-state index is 5.44. The molecule has 1 aromatic carbocycles. The summed E-state index contributed by atoms with van der Waals surface area (Å²) in [6, 6.07) is 6.61. The molecule has 1 aliphatic rings. The zero-order chi connectivity index (χ0) is 11.8. The Morgan fingerprint density at radius 3 is 2.38 bits per heavy atom. The SMILES string of the molecule is COc1ccc(C2CNC2)cc1C(C)(C)C. The minimum Gasteiger partial charge on any atom is -0.496 e. The third kappa shape index (κ3) is 2.07. The molecule has 88 valence electrons. The van der Waals surface area contributed by atoms with Gasteiger partial charge < -0.3 is 10.1 Å². The zero-order valence-electron chi connectivity index (χ0n) is 10.6. The fourth-order valence-electron chi connectivity index (χ4n) is 2.09. The summed E-state index contributed by atoms with van der Waals surface area (Å²) in [4.78, 5) is 0. The molecule has 0 unspecified atom stereocenters. The van der Waals surface area contributed by atoms with E-state index in [0.717, 1.165) is 18.8 Å². The molecule has 2 nitrogen and oxygen atoms in total. The normalized spacial score (nSPS) is 17.0. The van der Waals surface area contributed by atoms with Crippen LogP contribution >= 0.6 is 0 Å². The monoisotopic (exact) mass is 219 g/mol. The first-order valence-electron chi connectivity index (χ1n) is 5.91. The fraction of sp³-hybridized carbons (Fsp3) is 0.571. The second-order valence-corrected chi connectivity index (χ2v) is 5.56. The summed E-state index contributed by atoms with van der Waals surface area (Å²) < 4.78 is 5.44. The molecule has 0 amide bonds. The van der Waals surface area contributed by atoms with Crippen LogP contribution in [0, 0.1) is 0 Å². The zero-order valence-corrected chi connectivity index (χ0v) is 10.6. The van der Waals surface area contributed by atoms with Gasteiger partial charge >= 0.3 is 0 Å². The van der Waals surface area contributed by atoms with Crippen molar-refractivity contribution < 1.29 is 4.74 Å². The average molecular weight is 219 g/mol. The van der Waals surface area contributed by atoms with Crippen molar-refractivity contribution in [3.8, 4) is 5.75 Å². The number of benzene rings is 1. The van der Waals surface area contributed by atoms with Crippen molar-refractivity contribution >= 4 is 0 Å². The first-order chi connectivity index (χ1) is 7.52. The lowest BCUT2D eigenvalue weighted by Gasteiger charge is -2.30. The molecular weight excluding hydrogens is 198 g/mol. The molecule has 2 rings (SSSR count). The van der Waals surface area contributed by atoms with Gasteiger partial charge in [-0.25, -0.2) is 0 Å². The Balaban J connectivity index is 2.38. The summed E-state index contributed by atoms with van der Waals surface area (Å²) >= 11 is 0. The quantitative estimate of drug-likeness (QED) is 0.825. The van der Waals surface area contributed by atoms with Crippen LogP contribution in [-0.2, 0) is 5.41 Å². The molecule has 1 saturated heterocycles.